The molecular formula is C17H22INS. The summed E-state index contributed by atoms with van der Waals surface area (Å²) < 4.78 is 1.30. The van der Waals surface area contributed by atoms with E-state index in [4.69, 9.17) is 0 Å². The minimum atomic E-state index is 0.515. The van der Waals surface area contributed by atoms with Gasteiger partial charge in [0, 0.05) is 19.4 Å². The van der Waals surface area contributed by atoms with Gasteiger partial charge >= 0.3 is 0 Å². The van der Waals surface area contributed by atoms with E-state index in [1.807, 2.05) is 11.3 Å². The van der Waals surface area contributed by atoms with E-state index in [9.17, 15) is 0 Å². The van der Waals surface area contributed by atoms with Gasteiger partial charge in [-0.1, -0.05) is 32.4 Å². The Morgan fingerprint density at radius 3 is 2.70 bits per heavy atom. The molecule has 1 N–H and O–H groups in total. The SMILES string of the molecule is CCCNC(CCC)c1ccc(-c2cccc(I)c2)s1. The third-order valence-corrected chi connectivity index (χ3v) is 5.22. The zero-order valence-corrected chi connectivity index (χ0v) is 15.1. The zero-order valence-electron chi connectivity index (χ0n) is 12.2. The molecule has 0 amide bonds. The Morgan fingerprint density at radius 2 is 2.00 bits per heavy atom. The monoisotopic (exact) mass is 399 g/mol. The number of halogens is 1. The van der Waals surface area contributed by atoms with Crippen LogP contribution in [-0.2, 0) is 0 Å². The van der Waals surface area contributed by atoms with Crippen molar-refractivity contribution in [3.05, 3.63) is 44.8 Å². The summed E-state index contributed by atoms with van der Waals surface area (Å²) in [5.74, 6) is 0. The fourth-order valence-electron chi connectivity index (χ4n) is 2.29. The third kappa shape index (κ3) is 4.30. The van der Waals surface area contributed by atoms with E-state index in [-0.39, 0.29) is 0 Å². The van der Waals surface area contributed by atoms with Crippen LogP contribution in [0.5, 0.6) is 0 Å². The minimum Gasteiger partial charge on any atom is -0.309 e. The second kappa shape index (κ2) is 8.15. The summed E-state index contributed by atoms with van der Waals surface area (Å²) in [4.78, 5) is 2.84. The maximum atomic E-state index is 3.67. The van der Waals surface area contributed by atoms with Gasteiger partial charge in [-0.3, -0.25) is 0 Å². The first-order valence-electron chi connectivity index (χ1n) is 7.33. The lowest BCUT2D eigenvalue weighted by molar-refractivity contribution is 0.501. The molecular weight excluding hydrogens is 377 g/mol. The molecule has 0 fully saturated rings. The van der Waals surface area contributed by atoms with E-state index in [2.05, 4.69) is 78.2 Å². The molecule has 108 valence electrons. The maximum absolute atomic E-state index is 3.67. The van der Waals surface area contributed by atoms with Crippen molar-refractivity contribution < 1.29 is 0 Å². The molecule has 1 heterocycles. The van der Waals surface area contributed by atoms with Gasteiger partial charge in [0.25, 0.3) is 0 Å². The highest BCUT2D eigenvalue weighted by Crippen LogP contribution is 2.33. The summed E-state index contributed by atoms with van der Waals surface area (Å²) >= 11 is 4.30. The predicted molar refractivity (Wildman–Crippen MR) is 98.4 cm³/mol. The molecule has 3 heteroatoms. The number of hydrogen-bond donors (Lipinski definition) is 1. The Bertz CT molecular complexity index is 535. The highest BCUT2D eigenvalue weighted by atomic mass is 127. The first-order chi connectivity index (χ1) is 9.74. The Labute approximate surface area is 139 Å². The molecule has 1 atom stereocenters. The van der Waals surface area contributed by atoms with Crippen molar-refractivity contribution in [2.75, 3.05) is 6.54 Å². The molecule has 0 bridgehead atoms. The van der Waals surface area contributed by atoms with Crippen LogP contribution in [0.3, 0.4) is 0 Å². The lowest BCUT2D eigenvalue weighted by atomic mass is 10.1. The molecule has 1 aromatic carbocycles. The number of hydrogen-bond acceptors (Lipinski definition) is 2. The number of thiophene rings is 1. The van der Waals surface area contributed by atoms with E-state index in [1.165, 1.54) is 38.2 Å². The number of rotatable bonds is 7. The molecule has 0 radical (unpaired) electrons. The van der Waals surface area contributed by atoms with E-state index in [0.717, 1.165) is 6.54 Å². The maximum Gasteiger partial charge on any atom is 0.0414 e. The molecule has 20 heavy (non-hydrogen) atoms. The molecule has 0 aliphatic heterocycles. The molecule has 1 nitrogen and oxygen atoms in total. The fraction of sp³-hybridized carbons (Fsp3) is 0.412. The highest BCUT2D eigenvalue weighted by Gasteiger charge is 2.13. The molecule has 0 aliphatic rings. The summed E-state index contributed by atoms with van der Waals surface area (Å²) in [7, 11) is 0. The summed E-state index contributed by atoms with van der Waals surface area (Å²) in [6, 6.07) is 13.8. The molecule has 2 aromatic rings. The van der Waals surface area contributed by atoms with Crippen LogP contribution in [0.15, 0.2) is 36.4 Å². The standard InChI is InChI=1S/C17H22INS/c1-3-6-15(19-11-4-2)17-10-9-16(20-17)13-7-5-8-14(18)12-13/h5,7-10,12,15,19H,3-4,6,11H2,1-2H3. The molecule has 2 rings (SSSR count). The first-order valence-corrected chi connectivity index (χ1v) is 9.23. The van der Waals surface area contributed by atoms with Gasteiger partial charge in [-0.15, -0.1) is 11.3 Å². The molecule has 0 saturated carbocycles. The van der Waals surface area contributed by atoms with Crippen LogP contribution in [0.4, 0.5) is 0 Å². The average Bonchev–Trinajstić information content (AvgIpc) is 2.93. The number of benzene rings is 1. The van der Waals surface area contributed by atoms with Crippen LogP contribution < -0.4 is 5.32 Å². The Kier molecular flexibility index (Phi) is 6.52. The van der Waals surface area contributed by atoms with Crippen LogP contribution in [0.1, 0.15) is 44.0 Å². The molecule has 1 aromatic heterocycles. The van der Waals surface area contributed by atoms with E-state index < -0.39 is 0 Å². The second-order valence-corrected chi connectivity index (χ2v) is 7.37. The summed E-state index contributed by atoms with van der Waals surface area (Å²) in [5.41, 5.74) is 1.33. The summed E-state index contributed by atoms with van der Waals surface area (Å²) in [5, 5.41) is 3.67. The highest BCUT2D eigenvalue weighted by molar-refractivity contribution is 14.1. The van der Waals surface area contributed by atoms with Gasteiger partial charge in [0.1, 0.15) is 0 Å². The van der Waals surface area contributed by atoms with Crippen molar-refractivity contribution >= 4 is 33.9 Å². The topological polar surface area (TPSA) is 12.0 Å². The quantitative estimate of drug-likeness (QED) is 0.575. The van der Waals surface area contributed by atoms with Gasteiger partial charge < -0.3 is 5.32 Å². The van der Waals surface area contributed by atoms with Gasteiger partial charge in [0.15, 0.2) is 0 Å². The van der Waals surface area contributed by atoms with Crippen molar-refractivity contribution in [3.8, 4) is 10.4 Å². The van der Waals surface area contributed by atoms with Crippen LogP contribution in [0.25, 0.3) is 10.4 Å². The fourth-order valence-corrected chi connectivity index (χ4v) is 3.95. The van der Waals surface area contributed by atoms with E-state index in [0.29, 0.717) is 6.04 Å². The Morgan fingerprint density at radius 1 is 1.15 bits per heavy atom. The molecule has 0 saturated heterocycles. The van der Waals surface area contributed by atoms with Crippen molar-refractivity contribution in [3.63, 3.8) is 0 Å². The van der Waals surface area contributed by atoms with Crippen LogP contribution in [0, 0.1) is 3.57 Å². The smallest absolute Gasteiger partial charge is 0.0414 e. The number of nitrogens with one attached hydrogen (secondary N) is 1. The Balaban J connectivity index is 2.17. The van der Waals surface area contributed by atoms with Crippen molar-refractivity contribution in [1.29, 1.82) is 0 Å². The second-order valence-electron chi connectivity index (χ2n) is 5.01. The average molecular weight is 399 g/mol. The minimum absolute atomic E-state index is 0.515. The Hall–Kier alpha value is -0.390. The van der Waals surface area contributed by atoms with Crippen LogP contribution >= 0.6 is 33.9 Å². The van der Waals surface area contributed by atoms with Gasteiger partial charge in [-0.2, -0.15) is 0 Å². The lowest BCUT2D eigenvalue weighted by Gasteiger charge is -2.16. The van der Waals surface area contributed by atoms with Gasteiger partial charge in [-0.25, -0.2) is 0 Å². The van der Waals surface area contributed by atoms with Crippen molar-refractivity contribution in [2.24, 2.45) is 0 Å². The van der Waals surface area contributed by atoms with Crippen LogP contribution in [-0.4, -0.2) is 6.54 Å². The predicted octanol–water partition coefficient (Wildman–Crippen LogP) is 5.86. The molecule has 0 aliphatic carbocycles. The lowest BCUT2D eigenvalue weighted by Crippen LogP contribution is -2.21. The molecule has 0 spiro atoms. The summed E-state index contributed by atoms with van der Waals surface area (Å²) in [6.45, 7) is 5.58. The van der Waals surface area contributed by atoms with Crippen molar-refractivity contribution in [2.45, 2.75) is 39.2 Å². The normalized spacial score (nSPS) is 12.6. The van der Waals surface area contributed by atoms with Crippen molar-refractivity contribution in [1.82, 2.24) is 5.32 Å². The van der Waals surface area contributed by atoms with Gasteiger partial charge in [0.05, 0.1) is 0 Å². The largest absolute Gasteiger partial charge is 0.309 e. The zero-order chi connectivity index (χ0) is 14.4. The van der Waals surface area contributed by atoms with E-state index >= 15 is 0 Å². The van der Waals surface area contributed by atoms with Crippen LogP contribution in [0.2, 0.25) is 0 Å². The van der Waals surface area contributed by atoms with Gasteiger partial charge in [0.2, 0.25) is 0 Å². The van der Waals surface area contributed by atoms with E-state index in [1.54, 1.807) is 0 Å². The van der Waals surface area contributed by atoms with Gasteiger partial charge in [-0.05, 0) is 71.8 Å². The molecule has 1 unspecified atom stereocenters. The summed E-state index contributed by atoms with van der Waals surface area (Å²) in [6.07, 6.45) is 3.62. The first kappa shape index (κ1) is 16.0. The third-order valence-electron chi connectivity index (χ3n) is 3.30.